The Balaban J connectivity index is 2.32. The quantitative estimate of drug-likeness (QED) is 0.835. The summed E-state index contributed by atoms with van der Waals surface area (Å²) in [6.45, 7) is 4.94. The normalized spacial score (nSPS) is 19.8. The van der Waals surface area contributed by atoms with Crippen LogP contribution in [0.3, 0.4) is 0 Å². The molecule has 0 unspecified atom stereocenters. The molecule has 1 fully saturated rings. The topological polar surface area (TPSA) is 48.3 Å². The number of nitrogens with zero attached hydrogens (tertiary/aromatic N) is 2. The molecular formula is C13H17N3O. The van der Waals surface area contributed by atoms with Crippen molar-refractivity contribution >= 4 is 5.69 Å². The highest BCUT2D eigenvalue weighted by molar-refractivity contribution is 5.62. The van der Waals surface area contributed by atoms with Crippen LogP contribution in [0.15, 0.2) is 18.2 Å². The third kappa shape index (κ3) is 2.51. The number of benzene rings is 1. The van der Waals surface area contributed by atoms with Crippen molar-refractivity contribution in [3.63, 3.8) is 0 Å². The predicted molar refractivity (Wildman–Crippen MR) is 67.4 cm³/mol. The van der Waals surface area contributed by atoms with Crippen molar-refractivity contribution in [1.29, 1.82) is 5.26 Å². The number of rotatable bonds is 2. The molecule has 1 heterocycles. The van der Waals surface area contributed by atoms with Gasteiger partial charge in [-0.3, -0.25) is 0 Å². The van der Waals surface area contributed by atoms with Crippen molar-refractivity contribution in [2.45, 2.75) is 13.0 Å². The Morgan fingerprint density at radius 1 is 1.53 bits per heavy atom. The second-order valence-electron chi connectivity index (χ2n) is 4.30. The van der Waals surface area contributed by atoms with Crippen molar-refractivity contribution in [2.75, 3.05) is 31.6 Å². The van der Waals surface area contributed by atoms with Crippen molar-refractivity contribution in [3.05, 3.63) is 23.8 Å². The average Bonchev–Trinajstić information content (AvgIpc) is 2.38. The highest BCUT2D eigenvalue weighted by Gasteiger charge is 2.18. The van der Waals surface area contributed by atoms with E-state index in [1.165, 1.54) is 0 Å². The fraction of sp³-hybridized carbons (Fsp3) is 0.462. The van der Waals surface area contributed by atoms with Gasteiger partial charge in [0.25, 0.3) is 0 Å². The predicted octanol–water partition coefficient (Wildman–Crippen LogP) is 1.36. The summed E-state index contributed by atoms with van der Waals surface area (Å²) in [4.78, 5) is 2.24. The summed E-state index contributed by atoms with van der Waals surface area (Å²) in [5, 5.41) is 12.5. The molecule has 90 valence electrons. The Hall–Kier alpha value is -1.73. The average molecular weight is 231 g/mol. The minimum atomic E-state index is 0.446. The number of methoxy groups -OCH3 is 1. The molecule has 4 nitrogen and oxygen atoms in total. The van der Waals surface area contributed by atoms with Crippen LogP contribution < -0.4 is 15.0 Å². The van der Waals surface area contributed by atoms with Gasteiger partial charge < -0.3 is 15.0 Å². The molecule has 0 aromatic heterocycles. The van der Waals surface area contributed by atoms with E-state index in [1.54, 1.807) is 7.11 Å². The van der Waals surface area contributed by atoms with Crippen molar-refractivity contribution in [3.8, 4) is 11.8 Å². The maximum atomic E-state index is 9.15. The van der Waals surface area contributed by atoms with Crippen LogP contribution in [0.4, 0.5) is 5.69 Å². The van der Waals surface area contributed by atoms with Crippen LogP contribution in [0.1, 0.15) is 12.5 Å². The van der Waals surface area contributed by atoms with Gasteiger partial charge in [0, 0.05) is 31.7 Å². The van der Waals surface area contributed by atoms with Crippen LogP contribution in [0, 0.1) is 11.3 Å². The number of nitrogens with one attached hydrogen (secondary N) is 1. The standard InChI is InChI=1S/C13H17N3O/c1-10-9-16(6-5-15-10)13-7-12(17-2)4-3-11(13)8-14/h3-4,7,10,15H,5-6,9H2,1-2H3/t10-/m1/s1. The van der Waals surface area contributed by atoms with E-state index in [9.17, 15) is 0 Å². The summed E-state index contributed by atoms with van der Waals surface area (Å²) in [7, 11) is 1.64. The van der Waals surface area contributed by atoms with Crippen LogP contribution in [0.25, 0.3) is 0 Å². The zero-order valence-corrected chi connectivity index (χ0v) is 10.2. The van der Waals surface area contributed by atoms with Gasteiger partial charge in [-0.05, 0) is 19.1 Å². The summed E-state index contributed by atoms with van der Waals surface area (Å²) >= 11 is 0. The lowest BCUT2D eigenvalue weighted by atomic mass is 10.1. The molecule has 2 rings (SSSR count). The number of anilines is 1. The number of hydrogen-bond acceptors (Lipinski definition) is 4. The number of nitriles is 1. The molecule has 1 aliphatic heterocycles. The third-order valence-electron chi connectivity index (χ3n) is 3.03. The molecule has 4 heteroatoms. The van der Waals surface area contributed by atoms with Gasteiger partial charge in [-0.1, -0.05) is 0 Å². The van der Waals surface area contributed by atoms with Crippen LogP contribution >= 0.6 is 0 Å². The van der Waals surface area contributed by atoms with Gasteiger partial charge in [0.1, 0.15) is 11.8 Å². The van der Waals surface area contributed by atoms with Gasteiger partial charge in [0.05, 0.1) is 18.4 Å². The minimum Gasteiger partial charge on any atom is -0.497 e. The smallest absolute Gasteiger partial charge is 0.121 e. The highest BCUT2D eigenvalue weighted by Crippen LogP contribution is 2.26. The summed E-state index contributed by atoms with van der Waals surface area (Å²) in [5.41, 5.74) is 1.68. The van der Waals surface area contributed by atoms with Gasteiger partial charge in [0.15, 0.2) is 0 Å². The lowest BCUT2D eigenvalue weighted by Gasteiger charge is -2.34. The van der Waals surface area contributed by atoms with Crippen molar-refractivity contribution < 1.29 is 4.74 Å². The van der Waals surface area contributed by atoms with E-state index in [0.29, 0.717) is 11.6 Å². The largest absolute Gasteiger partial charge is 0.497 e. The minimum absolute atomic E-state index is 0.446. The number of piperazine rings is 1. The first-order chi connectivity index (χ1) is 8.24. The maximum Gasteiger partial charge on any atom is 0.121 e. The number of hydrogen-bond donors (Lipinski definition) is 1. The molecule has 0 saturated carbocycles. The van der Waals surface area contributed by atoms with E-state index in [4.69, 9.17) is 10.00 Å². The van der Waals surface area contributed by atoms with Crippen LogP contribution in [0.2, 0.25) is 0 Å². The highest BCUT2D eigenvalue weighted by atomic mass is 16.5. The molecule has 0 radical (unpaired) electrons. The molecule has 1 aliphatic rings. The molecule has 1 saturated heterocycles. The molecule has 1 N–H and O–H groups in total. The Bertz CT molecular complexity index is 439. The van der Waals surface area contributed by atoms with Crippen molar-refractivity contribution in [2.24, 2.45) is 0 Å². The van der Waals surface area contributed by atoms with E-state index < -0.39 is 0 Å². The second-order valence-corrected chi connectivity index (χ2v) is 4.30. The van der Waals surface area contributed by atoms with Gasteiger partial charge in [-0.15, -0.1) is 0 Å². The lowest BCUT2D eigenvalue weighted by molar-refractivity contribution is 0.414. The van der Waals surface area contributed by atoms with Gasteiger partial charge in [0.2, 0.25) is 0 Å². The SMILES string of the molecule is COc1ccc(C#N)c(N2CCN[C@H](C)C2)c1. The molecule has 1 atom stereocenters. The molecule has 17 heavy (non-hydrogen) atoms. The molecule has 0 spiro atoms. The zero-order valence-electron chi connectivity index (χ0n) is 10.2. The lowest BCUT2D eigenvalue weighted by Crippen LogP contribution is -2.49. The Morgan fingerprint density at radius 3 is 3.00 bits per heavy atom. The molecular weight excluding hydrogens is 214 g/mol. The van der Waals surface area contributed by atoms with Crippen molar-refractivity contribution in [1.82, 2.24) is 5.32 Å². The van der Waals surface area contributed by atoms with E-state index >= 15 is 0 Å². The second kappa shape index (κ2) is 5.07. The first-order valence-electron chi connectivity index (χ1n) is 5.81. The van der Waals surface area contributed by atoms with E-state index in [0.717, 1.165) is 31.1 Å². The summed E-state index contributed by atoms with van der Waals surface area (Å²) in [6, 6.07) is 8.28. The molecule has 0 bridgehead atoms. The monoisotopic (exact) mass is 231 g/mol. The molecule has 0 aliphatic carbocycles. The van der Waals surface area contributed by atoms with Crippen LogP contribution in [0.5, 0.6) is 5.75 Å². The third-order valence-corrected chi connectivity index (χ3v) is 3.03. The van der Waals surface area contributed by atoms with Crippen LogP contribution in [-0.4, -0.2) is 32.8 Å². The van der Waals surface area contributed by atoms with Crippen LogP contribution in [-0.2, 0) is 0 Å². The van der Waals surface area contributed by atoms with Gasteiger partial charge >= 0.3 is 0 Å². The number of ether oxygens (including phenoxy) is 1. The Kier molecular flexibility index (Phi) is 3.50. The first-order valence-corrected chi connectivity index (χ1v) is 5.81. The first kappa shape index (κ1) is 11.7. The maximum absolute atomic E-state index is 9.15. The molecule has 1 aromatic carbocycles. The van der Waals surface area contributed by atoms with E-state index in [-0.39, 0.29) is 0 Å². The summed E-state index contributed by atoms with van der Waals surface area (Å²) in [6.07, 6.45) is 0. The molecule has 0 amide bonds. The van der Waals surface area contributed by atoms with E-state index in [2.05, 4.69) is 23.2 Å². The van der Waals surface area contributed by atoms with Gasteiger partial charge in [-0.2, -0.15) is 5.26 Å². The van der Waals surface area contributed by atoms with Gasteiger partial charge in [-0.25, -0.2) is 0 Å². The fourth-order valence-electron chi connectivity index (χ4n) is 2.15. The summed E-state index contributed by atoms with van der Waals surface area (Å²) in [5.74, 6) is 0.796. The zero-order chi connectivity index (χ0) is 12.3. The Labute approximate surface area is 102 Å². The summed E-state index contributed by atoms with van der Waals surface area (Å²) < 4.78 is 5.22. The molecule has 1 aromatic rings. The van der Waals surface area contributed by atoms with E-state index in [1.807, 2.05) is 18.2 Å². The fourth-order valence-corrected chi connectivity index (χ4v) is 2.15. The Morgan fingerprint density at radius 2 is 2.35 bits per heavy atom.